The number of carbonyl (C=O) groups is 1. The highest BCUT2D eigenvalue weighted by molar-refractivity contribution is 5.72. The number of aryl methyl sites for hydroxylation is 1. The summed E-state index contributed by atoms with van der Waals surface area (Å²) in [5.41, 5.74) is 0. The zero-order chi connectivity index (χ0) is 17.0. The van der Waals surface area contributed by atoms with E-state index in [2.05, 4.69) is 10.3 Å². The van der Waals surface area contributed by atoms with Gasteiger partial charge in [0.15, 0.2) is 5.79 Å². The molecule has 2 heterocycles. The Morgan fingerprint density at radius 3 is 2.79 bits per heavy atom. The van der Waals surface area contributed by atoms with E-state index in [1.807, 2.05) is 13.8 Å². The molecule has 24 heavy (non-hydrogen) atoms. The van der Waals surface area contributed by atoms with Gasteiger partial charge in [0.2, 0.25) is 5.88 Å². The van der Waals surface area contributed by atoms with Crippen LogP contribution in [-0.4, -0.2) is 52.7 Å². The fourth-order valence-corrected chi connectivity index (χ4v) is 3.19. The Hall–Kier alpha value is -1.67. The van der Waals surface area contributed by atoms with Crippen LogP contribution in [0.15, 0.2) is 6.20 Å². The minimum absolute atomic E-state index is 0.0892. The van der Waals surface area contributed by atoms with Crippen molar-refractivity contribution in [3.05, 3.63) is 6.20 Å². The van der Waals surface area contributed by atoms with Crippen molar-refractivity contribution in [3.63, 3.8) is 0 Å². The first-order valence-electron chi connectivity index (χ1n) is 8.61. The Labute approximate surface area is 141 Å². The third-order valence-corrected chi connectivity index (χ3v) is 4.56. The van der Waals surface area contributed by atoms with E-state index in [1.54, 1.807) is 10.9 Å². The highest BCUT2D eigenvalue weighted by atomic mass is 16.7. The third-order valence-electron chi connectivity index (χ3n) is 4.56. The molecule has 1 aliphatic carbocycles. The minimum Gasteiger partial charge on any atom is -0.473 e. The monoisotopic (exact) mass is 339 g/mol. The average molecular weight is 339 g/mol. The van der Waals surface area contributed by atoms with Gasteiger partial charge in [-0.1, -0.05) is 5.21 Å². The number of ether oxygens (including phenoxy) is 4. The van der Waals surface area contributed by atoms with Gasteiger partial charge in [0, 0.05) is 19.4 Å². The molecule has 3 rings (SSSR count). The second-order valence-electron chi connectivity index (χ2n) is 6.33. The molecule has 2 aliphatic rings. The SMILES string of the molecule is CCn1nncc1OCC(C)OC(=O)C1CCC2(CC1)OCCO2. The van der Waals surface area contributed by atoms with Crippen LogP contribution in [0.4, 0.5) is 0 Å². The Bertz CT molecular complexity index is 546. The van der Waals surface area contributed by atoms with E-state index in [9.17, 15) is 4.79 Å². The quantitative estimate of drug-likeness (QED) is 0.727. The van der Waals surface area contributed by atoms with E-state index >= 15 is 0 Å². The summed E-state index contributed by atoms with van der Waals surface area (Å²) in [6.07, 6.45) is 4.20. The smallest absolute Gasteiger partial charge is 0.309 e. The van der Waals surface area contributed by atoms with Crippen LogP contribution in [0.1, 0.15) is 39.5 Å². The molecule has 2 fully saturated rings. The van der Waals surface area contributed by atoms with Crippen LogP contribution in [0, 0.1) is 5.92 Å². The fraction of sp³-hybridized carbons (Fsp3) is 0.812. The summed E-state index contributed by atoms with van der Waals surface area (Å²) < 4.78 is 24.1. The number of esters is 1. The van der Waals surface area contributed by atoms with Gasteiger partial charge >= 0.3 is 5.97 Å². The van der Waals surface area contributed by atoms with Crippen molar-refractivity contribution < 1.29 is 23.7 Å². The molecule has 1 saturated heterocycles. The van der Waals surface area contributed by atoms with E-state index in [0.717, 1.165) is 25.7 Å². The Morgan fingerprint density at radius 2 is 2.12 bits per heavy atom. The molecular weight excluding hydrogens is 314 g/mol. The summed E-state index contributed by atoms with van der Waals surface area (Å²) in [4.78, 5) is 12.3. The van der Waals surface area contributed by atoms with Crippen molar-refractivity contribution in [2.24, 2.45) is 5.92 Å². The van der Waals surface area contributed by atoms with Crippen LogP contribution in [0.5, 0.6) is 5.88 Å². The molecule has 1 unspecified atom stereocenters. The zero-order valence-corrected chi connectivity index (χ0v) is 14.3. The molecule has 0 bridgehead atoms. The van der Waals surface area contributed by atoms with E-state index in [1.165, 1.54) is 0 Å². The second-order valence-corrected chi connectivity index (χ2v) is 6.33. The molecule has 8 heteroatoms. The van der Waals surface area contributed by atoms with Crippen molar-refractivity contribution >= 4 is 5.97 Å². The van der Waals surface area contributed by atoms with Crippen LogP contribution in [-0.2, 0) is 25.5 Å². The molecule has 8 nitrogen and oxygen atoms in total. The average Bonchev–Trinajstić information content (AvgIpc) is 3.23. The highest BCUT2D eigenvalue weighted by Crippen LogP contribution is 2.38. The van der Waals surface area contributed by atoms with Gasteiger partial charge in [-0.2, -0.15) is 0 Å². The first kappa shape index (κ1) is 17.2. The topological polar surface area (TPSA) is 84.7 Å². The number of rotatable bonds is 6. The minimum atomic E-state index is -0.447. The van der Waals surface area contributed by atoms with Gasteiger partial charge in [0.1, 0.15) is 18.9 Å². The molecule has 1 saturated carbocycles. The number of carbonyl (C=O) groups excluding carboxylic acids is 1. The summed E-state index contributed by atoms with van der Waals surface area (Å²) in [5, 5.41) is 7.69. The summed E-state index contributed by atoms with van der Waals surface area (Å²) in [5.74, 6) is -0.123. The van der Waals surface area contributed by atoms with Gasteiger partial charge in [-0.3, -0.25) is 4.79 Å². The van der Waals surface area contributed by atoms with E-state index in [4.69, 9.17) is 18.9 Å². The Morgan fingerprint density at radius 1 is 1.42 bits per heavy atom. The summed E-state index contributed by atoms with van der Waals surface area (Å²) in [7, 11) is 0. The van der Waals surface area contributed by atoms with Crippen LogP contribution in [0.2, 0.25) is 0 Å². The van der Waals surface area contributed by atoms with E-state index < -0.39 is 5.79 Å². The molecule has 1 aliphatic heterocycles. The van der Waals surface area contributed by atoms with Crippen molar-refractivity contribution in [2.45, 2.75) is 58.0 Å². The lowest BCUT2D eigenvalue weighted by atomic mass is 9.85. The summed E-state index contributed by atoms with van der Waals surface area (Å²) in [6, 6.07) is 0. The molecule has 134 valence electrons. The molecule has 1 aromatic rings. The van der Waals surface area contributed by atoms with Crippen molar-refractivity contribution in [1.82, 2.24) is 15.0 Å². The second kappa shape index (κ2) is 7.48. The Kier molecular flexibility index (Phi) is 5.35. The molecule has 1 atom stereocenters. The van der Waals surface area contributed by atoms with Gasteiger partial charge in [-0.05, 0) is 26.7 Å². The van der Waals surface area contributed by atoms with Crippen LogP contribution in [0.3, 0.4) is 0 Å². The van der Waals surface area contributed by atoms with Crippen molar-refractivity contribution in [1.29, 1.82) is 0 Å². The van der Waals surface area contributed by atoms with Crippen molar-refractivity contribution in [3.8, 4) is 5.88 Å². The van der Waals surface area contributed by atoms with Crippen LogP contribution in [0.25, 0.3) is 0 Å². The lowest BCUT2D eigenvalue weighted by Gasteiger charge is -2.34. The first-order chi connectivity index (χ1) is 11.6. The summed E-state index contributed by atoms with van der Waals surface area (Å²) >= 11 is 0. The van der Waals surface area contributed by atoms with E-state index in [0.29, 0.717) is 25.6 Å². The number of nitrogens with zero attached hydrogens (tertiary/aromatic N) is 3. The molecule has 1 spiro atoms. The van der Waals surface area contributed by atoms with Crippen LogP contribution >= 0.6 is 0 Å². The molecule has 0 N–H and O–H groups in total. The Balaban J connectivity index is 1.41. The number of aromatic nitrogens is 3. The fourth-order valence-electron chi connectivity index (χ4n) is 3.19. The maximum Gasteiger partial charge on any atom is 0.309 e. The normalized spacial score (nSPS) is 21.8. The highest BCUT2D eigenvalue weighted by Gasteiger charge is 2.42. The molecular formula is C16H25N3O5. The lowest BCUT2D eigenvalue weighted by molar-refractivity contribution is -0.189. The zero-order valence-electron chi connectivity index (χ0n) is 14.3. The van der Waals surface area contributed by atoms with Gasteiger partial charge in [0.05, 0.1) is 19.1 Å². The third kappa shape index (κ3) is 3.87. The molecule has 0 radical (unpaired) electrons. The number of hydrogen-bond acceptors (Lipinski definition) is 7. The molecule has 0 amide bonds. The predicted octanol–water partition coefficient (Wildman–Crippen LogP) is 1.54. The van der Waals surface area contributed by atoms with Gasteiger partial charge < -0.3 is 18.9 Å². The molecule has 0 aromatic carbocycles. The van der Waals surface area contributed by atoms with Gasteiger partial charge in [-0.25, -0.2) is 4.68 Å². The standard InChI is InChI=1S/C16H25N3O5/c1-3-19-14(10-17-18-19)21-11-12(2)24-15(20)13-4-6-16(7-5-13)22-8-9-23-16/h10,12-13H,3-9,11H2,1-2H3. The maximum absolute atomic E-state index is 12.3. The maximum atomic E-state index is 12.3. The van der Waals surface area contributed by atoms with E-state index in [-0.39, 0.29) is 24.6 Å². The number of hydrogen-bond donors (Lipinski definition) is 0. The largest absolute Gasteiger partial charge is 0.473 e. The lowest BCUT2D eigenvalue weighted by Crippen LogP contribution is -2.38. The predicted molar refractivity (Wildman–Crippen MR) is 83.3 cm³/mol. The van der Waals surface area contributed by atoms with Crippen LogP contribution < -0.4 is 4.74 Å². The molecule has 1 aromatic heterocycles. The van der Waals surface area contributed by atoms with Gasteiger partial charge in [-0.15, -0.1) is 5.10 Å². The van der Waals surface area contributed by atoms with Gasteiger partial charge in [0.25, 0.3) is 0 Å². The first-order valence-corrected chi connectivity index (χ1v) is 8.61. The summed E-state index contributed by atoms with van der Waals surface area (Å²) in [6.45, 7) is 6.03. The van der Waals surface area contributed by atoms with Crippen molar-refractivity contribution in [2.75, 3.05) is 19.8 Å².